The fourth-order valence-electron chi connectivity index (χ4n) is 3.40. The van der Waals surface area contributed by atoms with Gasteiger partial charge in [0.15, 0.2) is 5.82 Å². The van der Waals surface area contributed by atoms with E-state index in [1.165, 1.54) is 11.9 Å². The highest BCUT2D eigenvalue weighted by molar-refractivity contribution is 5.53. The van der Waals surface area contributed by atoms with Crippen molar-refractivity contribution in [3.63, 3.8) is 0 Å². The minimum atomic E-state index is -0.878. The van der Waals surface area contributed by atoms with Gasteiger partial charge < -0.3 is 9.52 Å². The van der Waals surface area contributed by atoms with Crippen molar-refractivity contribution in [3.8, 4) is 11.5 Å². The molecule has 7 nitrogen and oxygen atoms in total. The first-order valence-corrected chi connectivity index (χ1v) is 8.42. The van der Waals surface area contributed by atoms with E-state index in [0.29, 0.717) is 24.6 Å². The number of aromatic nitrogens is 4. The molecule has 2 aromatic heterocycles. The van der Waals surface area contributed by atoms with Gasteiger partial charge in [0.05, 0.1) is 6.20 Å². The number of nitrogens with zero attached hydrogens (tertiary/aromatic N) is 5. The zero-order valence-electron chi connectivity index (χ0n) is 14.2. The third kappa shape index (κ3) is 3.20. The van der Waals surface area contributed by atoms with Gasteiger partial charge in [0, 0.05) is 32.2 Å². The van der Waals surface area contributed by atoms with E-state index in [1.807, 2.05) is 19.2 Å². The predicted octanol–water partition coefficient (Wildman–Crippen LogP) is 1.95. The van der Waals surface area contributed by atoms with Gasteiger partial charge in [-0.15, -0.1) is 0 Å². The molecular weight excluding hydrogens is 318 g/mol. The zero-order valence-corrected chi connectivity index (χ0v) is 14.2. The second-order valence-electron chi connectivity index (χ2n) is 6.55. The number of rotatable bonds is 4. The lowest BCUT2D eigenvalue weighted by atomic mass is 9.90. The summed E-state index contributed by atoms with van der Waals surface area (Å²) in [4.78, 5) is 10.7. The van der Waals surface area contributed by atoms with Crippen LogP contribution in [0.1, 0.15) is 24.2 Å². The molecule has 0 aliphatic carbocycles. The maximum absolute atomic E-state index is 10.9. The minimum Gasteiger partial charge on any atom is -0.445 e. The van der Waals surface area contributed by atoms with Crippen LogP contribution < -0.4 is 0 Å². The van der Waals surface area contributed by atoms with Crippen molar-refractivity contribution in [2.24, 2.45) is 7.05 Å². The number of hydrogen-bond acceptors (Lipinski definition) is 6. The molecule has 1 aliphatic rings. The molecule has 1 saturated heterocycles. The number of oxazole rings is 1. The Morgan fingerprint density at radius 1 is 1.16 bits per heavy atom. The standard InChI is InChI=1S/C18H21N5O2/c1-22-17(20-13-21-22)18(24)6-9-23(10-7-18)12-14-2-4-15(5-3-14)16-19-8-11-25-16/h2-5,8,11,13,24H,6-7,9-10,12H2,1H3. The molecule has 1 fully saturated rings. The summed E-state index contributed by atoms with van der Waals surface area (Å²) in [7, 11) is 1.82. The Kier molecular flexibility index (Phi) is 4.10. The van der Waals surface area contributed by atoms with E-state index in [1.54, 1.807) is 17.1 Å². The number of piperidine rings is 1. The Balaban J connectivity index is 1.38. The van der Waals surface area contributed by atoms with E-state index in [4.69, 9.17) is 4.42 Å². The molecule has 1 aromatic carbocycles. The molecule has 0 unspecified atom stereocenters. The van der Waals surface area contributed by atoms with E-state index in [2.05, 4.69) is 32.1 Å². The van der Waals surface area contributed by atoms with Crippen LogP contribution >= 0.6 is 0 Å². The summed E-state index contributed by atoms with van der Waals surface area (Å²) < 4.78 is 6.98. The summed E-state index contributed by atoms with van der Waals surface area (Å²) in [6.45, 7) is 2.51. The molecule has 130 valence electrons. The first-order valence-electron chi connectivity index (χ1n) is 8.42. The molecule has 3 heterocycles. The topological polar surface area (TPSA) is 80.2 Å². The van der Waals surface area contributed by atoms with Crippen LogP contribution in [0.15, 0.2) is 47.5 Å². The van der Waals surface area contributed by atoms with E-state index in [9.17, 15) is 5.11 Å². The van der Waals surface area contributed by atoms with Crippen LogP contribution in [0.25, 0.3) is 11.5 Å². The number of benzene rings is 1. The molecule has 0 radical (unpaired) electrons. The maximum Gasteiger partial charge on any atom is 0.225 e. The van der Waals surface area contributed by atoms with Crippen molar-refractivity contribution >= 4 is 0 Å². The quantitative estimate of drug-likeness (QED) is 0.783. The number of hydrogen-bond donors (Lipinski definition) is 1. The van der Waals surface area contributed by atoms with Crippen LogP contribution in [0.4, 0.5) is 0 Å². The summed E-state index contributed by atoms with van der Waals surface area (Å²) >= 11 is 0. The Hall–Kier alpha value is -2.51. The molecule has 1 N–H and O–H groups in total. The Bertz CT molecular complexity index is 818. The zero-order chi connectivity index (χ0) is 17.3. The van der Waals surface area contributed by atoms with Crippen molar-refractivity contribution in [1.82, 2.24) is 24.6 Å². The molecule has 0 atom stereocenters. The van der Waals surface area contributed by atoms with Gasteiger partial charge in [-0.1, -0.05) is 12.1 Å². The monoisotopic (exact) mass is 339 g/mol. The van der Waals surface area contributed by atoms with E-state index >= 15 is 0 Å². The molecule has 0 bridgehead atoms. The van der Waals surface area contributed by atoms with Crippen LogP contribution in [0.2, 0.25) is 0 Å². The van der Waals surface area contributed by atoms with Gasteiger partial charge in [-0.3, -0.25) is 9.58 Å². The van der Waals surface area contributed by atoms with Crippen LogP contribution in [0.5, 0.6) is 0 Å². The van der Waals surface area contributed by atoms with Crippen molar-refractivity contribution in [3.05, 3.63) is 54.4 Å². The lowest BCUT2D eigenvalue weighted by Crippen LogP contribution is -2.43. The number of aliphatic hydroxyl groups is 1. The Labute approximate surface area is 145 Å². The van der Waals surface area contributed by atoms with Gasteiger partial charge in [-0.05, 0) is 30.5 Å². The van der Waals surface area contributed by atoms with Crippen LogP contribution in [0.3, 0.4) is 0 Å². The van der Waals surface area contributed by atoms with Crippen LogP contribution in [0, 0.1) is 0 Å². The second kappa shape index (κ2) is 6.42. The predicted molar refractivity (Wildman–Crippen MR) is 91.3 cm³/mol. The van der Waals surface area contributed by atoms with Gasteiger partial charge in [-0.2, -0.15) is 5.10 Å². The molecule has 0 amide bonds. The van der Waals surface area contributed by atoms with Crippen LogP contribution in [-0.2, 0) is 19.2 Å². The fraction of sp³-hybridized carbons (Fsp3) is 0.389. The summed E-state index contributed by atoms with van der Waals surface area (Å²) in [5.74, 6) is 1.29. The first kappa shape index (κ1) is 16.0. The third-order valence-corrected chi connectivity index (χ3v) is 4.85. The SMILES string of the molecule is Cn1ncnc1C1(O)CCN(Cc2ccc(-c3ncco3)cc2)CC1. The normalized spacial score (nSPS) is 17.7. The lowest BCUT2D eigenvalue weighted by Gasteiger charge is -2.37. The molecule has 1 aliphatic heterocycles. The van der Waals surface area contributed by atoms with Gasteiger partial charge in [0.1, 0.15) is 18.2 Å². The molecule has 25 heavy (non-hydrogen) atoms. The highest BCUT2D eigenvalue weighted by atomic mass is 16.3. The average Bonchev–Trinajstić information content (AvgIpc) is 3.30. The summed E-state index contributed by atoms with van der Waals surface area (Å²) in [5.41, 5.74) is 1.33. The summed E-state index contributed by atoms with van der Waals surface area (Å²) in [6.07, 6.45) is 6.04. The van der Waals surface area contributed by atoms with Crippen molar-refractivity contribution in [2.75, 3.05) is 13.1 Å². The highest BCUT2D eigenvalue weighted by Crippen LogP contribution is 2.31. The Morgan fingerprint density at radius 3 is 2.52 bits per heavy atom. The largest absolute Gasteiger partial charge is 0.445 e. The molecule has 0 spiro atoms. The second-order valence-corrected chi connectivity index (χ2v) is 6.55. The van der Waals surface area contributed by atoms with Gasteiger partial charge in [0.25, 0.3) is 0 Å². The van der Waals surface area contributed by atoms with E-state index in [-0.39, 0.29) is 0 Å². The third-order valence-electron chi connectivity index (χ3n) is 4.85. The molecule has 7 heteroatoms. The lowest BCUT2D eigenvalue weighted by molar-refractivity contribution is -0.0372. The fourth-order valence-corrected chi connectivity index (χ4v) is 3.40. The van der Waals surface area contributed by atoms with Gasteiger partial charge in [0.2, 0.25) is 5.89 Å². The average molecular weight is 339 g/mol. The van der Waals surface area contributed by atoms with Crippen molar-refractivity contribution < 1.29 is 9.52 Å². The summed E-state index contributed by atoms with van der Waals surface area (Å²) in [5, 5.41) is 14.9. The summed E-state index contributed by atoms with van der Waals surface area (Å²) in [6, 6.07) is 8.26. The first-order chi connectivity index (χ1) is 12.1. The minimum absolute atomic E-state index is 0.637. The molecular formula is C18H21N5O2. The number of aryl methyl sites for hydroxylation is 1. The Morgan fingerprint density at radius 2 is 1.92 bits per heavy atom. The molecule has 4 rings (SSSR count). The van der Waals surface area contributed by atoms with Gasteiger partial charge in [-0.25, -0.2) is 9.97 Å². The van der Waals surface area contributed by atoms with Crippen molar-refractivity contribution in [1.29, 1.82) is 0 Å². The van der Waals surface area contributed by atoms with Crippen LogP contribution in [-0.4, -0.2) is 42.8 Å². The smallest absolute Gasteiger partial charge is 0.225 e. The maximum atomic E-state index is 10.9. The molecule has 3 aromatic rings. The van der Waals surface area contributed by atoms with E-state index in [0.717, 1.165) is 25.2 Å². The molecule has 0 saturated carbocycles. The highest BCUT2D eigenvalue weighted by Gasteiger charge is 2.37. The van der Waals surface area contributed by atoms with Crippen molar-refractivity contribution in [2.45, 2.75) is 25.0 Å². The van der Waals surface area contributed by atoms with E-state index < -0.39 is 5.60 Å². The van der Waals surface area contributed by atoms with Gasteiger partial charge >= 0.3 is 0 Å². The number of likely N-dealkylation sites (tertiary alicyclic amines) is 1.